The lowest BCUT2D eigenvalue weighted by molar-refractivity contribution is -0.384. The summed E-state index contributed by atoms with van der Waals surface area (Å²) in [5, 5.41) is 10.5. The van der Waals surface area contributed by atoms with Gasteiger partial charge in [0, 0.05) is 42.3 Å². The minimum atomic E-state index is -0.411. The number of hydrogen-bond donors (Lipinski definition) is 0. The number of benzene rings is 1. The summed E-state index contributed by atoms with van der Waals surface area (Å²) in [6.07, 6.45) is 2.75. The Morgan fingerprint density at radius 1 is 1.26 bits per heavy atom. The summed E-state index contributed by atoms with van der Waals surface area (Å²) in [4.78, 5) is 24.8. The molecule has 0 atom stereocenters. The van der Waals surface area contributed by atoms with Crippen molar-refractivity contribution in [1.82, 2.24) is 4.90 Å². The monoisotopic (exact) mass is 280 g/mol. The molecule has 6 heteroatoms. The number of rotatable bonds is 5. The van der Waals surface area contributed by atoms with Crippen molar-refractivity contribution in [1.29, 1.82) is 0 Å². The van der Waals surface area contributed by atoms with E-state index in [4.69, 9.17) is 0 Å². The maximum absolute atomic E-state index is 11.8. The standard InChI is InChI=1S/C13H16N2O3S/c16-13(14-8-1-2-9-14)7-10-19-12-5-3-11(4-6-12)15(17)18/h3-6H,1-2,7-10H2. The molecule has 1 saturated heterocycles. The Morgan fingerprint density at radius 3 is 2.47 bits per heavy atom. The molecule has 1 aliphatic heterocycles. The molecular weight excluding hydrogens is 264 g/mol. The molecule has 0 radical (unpaired) electrons. The topological polar surface area (TPSA) is 63.4 Å². The van der Waals surface area contributed by atoms with Crippen molar-refractivity contribution >= 4 is 23.4 Å². The normalized spacial score (nSPS) is 14.6. The van der Waals surface area contributed by atoms with Gasteiger partial charge in [0.1, 0.15) is 0 Å². The zero-order valence-electron chi connectivity index (χ0n) is 10.6. The van der Waals surface area contributed by atoms with E-state index in [0.29, 0.717) is 12.2 Å². The van der Waals surface area contributed by atoms with Gasteiger partial charge in [0.25, 0.3) is 5.69 Å². The Bertz CT molecular complexity index is 455. The summed E-state index contributed by atoms with van der Waals surface area (Å²) in [6, 6.07) is 6.43. The van der Waals surface area contributed by atoms with Crippen LogP contribution < -0.4 is 0 Å². The Balaban J connectivity index is 1.75. The van der Waals surface area contributed by atoms with Gasteiger partial charge in [-0.05, 0) is 25.0 Å². The second kappa shape index (κ2) is 6.56. The summed E-state index contributed by atoms with van der Waals surface area (Å²) in [7, 11) is 0. The minimum absolute atomic E-state index is 0.0949. The van der Waals surface area contributed by atoms with Gasteiger partial charge < -0.3 is 4.90 Å². The summed E-state index contributed by atoms with van der Waals surface area (Å²) in [5.74, 6) is 0.930. The van der Waals surface area contributed by atoms with Gasteiger partial charge in [-0.15, -0.1) is 11.8 Å². The summed E-state index contributed by atoms with van der Waals surface area (Å²) >= 11 is 1.56. The molecule has 1 fully saturated rings. The van der Waals surface area contributed by atoms with Crippen molar-refractivity contribution in [2.75, 3.05) is 18.8 Å². The first-order chi connectivity index (χ1) is 9.16. The lowest BCUT2D eigenvalue weighted by Gasteiger charge is -2.14. The Morgan fingerprint density at radius 2 is 1.89 bits per heavy atom. The molecule has 102 valence electrons. The molecule has 0 unspecified atom stereocenters. The van der Waals surface area contributed by atoms with Gasteiger partial charge in [-0.1, -0.05) is 0 Å². The predicted octanol–water partition coefficient (Wildman–Crippen LogP) is 2.70. The van der Waals surface area contributed by atoms with E-state index in [2.05, 4.69) is 0 Å². The lowest BCUT2D eigenvalue weighted by atomic mass is 10.3. The van der Waals surface area contributed by atoms with E-state index in [0.717, 1.165) is 30.8 Å². The molecule has 0 aliphatic carbocycles. The molecule has 1 aromatic carbocycles. The second-order valence-electron chi connectivity index (χ2n) is 4.44. The molecule has 0 saturated carbocycles. The molecule has 2 rings (SSSR count). The van der Waals surface area contributed by atoms with Gasteiger partial charge >= 0.3 is 0 Å². The molecule has 1 amide bonds. The number of non-ortho nitro benzene ring substituents is 1. The number of carbonyl (C=O) groups is 1. The Labute approximate surface area is 116 Å². The fourth-order valence-electron chi connectivity index (χ4n) is 2.04. The Kier molecular flexibility index (Phi) is 4.79. The smallest absolute Gasteiger partial charge is 0.269 e. The van der Waals surface area contributed by atoms with Crippen LogP contribution in [0, 0.1) is 10.1 Å². The average Bonchev–Trinajstić information content (AvgIpc) is 2.93. The predicted molar refractivity (Wildman–Crippen MR) is 74.3 cm³/mol. The maximum atomic E-state index is 11.8. The van der Waals surface area contributed by atoms with E-state index in [-0.39, 0.29) is 11.6 Å². The van der Waals surface area contributed by atoms with Gasteiger partial charge in [-0.2, -0.15) is 0 Å². The molecule has 19 heavy (non-hydrogen) atoms. The highest BCUT2D eigenvalue weighted by molar-refractivity contribution is 7.99. The van der Waals surface area contributed by atoms with Gasteiger partial charge in [0.05, 0.1) is 4.92 Å². The van der Waals surface area contributed by atoms with Gasteiger partial charge in [-0.3, -0.25) is 14.9 Å². The number of amides is 1. The highest BCUT2D eigenvalue weighted by Crippen LogP contribution is 2.22. The first kappa shape index (κ1) is 13.9. The van der Waals surface area contributed by atoms with Crippen LogP contribution in [0.4, 0.5) is 5.69 Å². The van der Waals surface area contributed by atoms with E-state index in [1.54, 1.807) is 23.9 Å². The first-order valence-electron chi connectivity index (χ1n) is 6.32. The quantitative estimate of drug-likeness (QED) is 0.472. The van der Waals surface area contributed by atoms with Crippen LogP contribution in [0.2, 0.25) is 0 Å². The first-order valence-corrected chi connectivity index (χ1v) is 7.30. The number of nitro benzene ring substituents is 1. The third-order valence-corrected chi connectivity index (χ3v) is 4.10. The van der Waals surface area contributed by atoms with Crippen LogP contribution in [0.1, 0.15) is 19.3 Å². The van der Waals surface area contributed by atoms with Crippen molar-refractivity contribution in [2.45, 2.75) is 24.2 Å². The summed E-state index contributed by atoms with van der Waals surface area (Å²) in [5.41, 5.74) is 0.0949. The SMILES string of the molecule is O=C(CCSc1ccc([N+](=O)[O-])cc1)N1CCCC1. The number of likely N-dealkylation sites (tertiary alicyclic amines) is 1. The second-order valence-corrected chi connectivity index (χ2v) is 5.61. The van der Waals surface area contributed by atoms with Crippen LogP contribution >= 0.6 is 11.8 Å². The third kappa shape index (κ3) is 3.96. The van der Waals surface area contributed by atoms with Gasteiger partial charge in [-0.25, -0.2) is 0 Å². The van der Waals surface area contributed by atoms with E-state index >= 15 is 0 Å². The third-order valence-electron chi connectivity index (χ3n) is 3.09. The van der Waals surface area contributed by atoms with Crippen LogP contribution in [0.3, 0.4) is 0 Å². The van der Waals surface area contributed by atoms with Crippen LogP contribution in [0.15, 0.2) is 29.2 Å². The van der Waals surface area contributed by atoms with Gasteiger partial charge in [0.15, 0.2) is 0 Å². The van der Waals surface area contributed by atoms with Crippen LogP contribution in [-0.4, -0.2) is 34.6 Å². The van der Waals surface area contributed by atoms with E-state index < -0.39 is 4.92 Å². The largest absolute Gasteiger partial charge is 0.343 e. The summed E-state index contributed by atoms with van der Waals surface area (Å²) in [6.45, 7) is 1.78. The zero-order chi connectivity index (χ0) is 13.7. The molecule has 0 aromatic heterocycles. The van der Waals surface area contributed by atoms with Gasteiger partial charge in [0.2, 0.25) is 5.91 Å². The fourth-order valence-corrected chi connectivity index (χ4v) is 2.89. The molecule has 1 aliphatic rings. The highest BCUT2D eigenvalue weighted by Gasteiger charge is 2.17. The molecule has 1 aromatic rings. The van der Waals surface area contributed by atoms with Crippen LogP contribution in [0.5, 0.6) is 0 Å². The average molecular weight is 280 g/mol. The van der Waals surface area contributed by atoms with E-state index in [9.17, 15) is 14.9 Å². The molecule has 1 heterocycles. The van der Waals surface area contributed by atoms with Crippen LogP contribution in [0.25, 0.3) is 0 Å². The number of nitrogens with zero attached hydrogens (tertiary/aromatic N) is 2. The fraction of sp³-hybridized carbons (Fsp3) is 0.462. The number of nitro groups is 1. The number of hydrogen-bond acceptors (Lipinski definition) is 4. The van der Waals surface area contributed by atoms with E-state index in [1.807, 2.05) is 4.90 Å². The maximum Gasteiger partial charge on any atom is 0.269 e. The summed E-state index contributed by atoms with van der Waals surface area (Å²) < 4.78 is 0. The lowest BCUT2D eigenvalue weighted by Crippen LogP contribution is -2.27. The van der Waals surface area contributed by atoms with Crippen LogP contribution in [-0.2, 0) is 4.79 Å². The van der Waals surface area contributed by atoms with Crippen molar-refractivity contribution in [3.63, 3.8) is 0 Å². The van der Waals surface area contributed by atoms with Crippen molar-refractivity contribution in [2.24, 2.45) is 0 Å². The molecule has 5 nitrogen and oxygen atoms in total. The molecule has 0 spiro atoms. The van der Waals surface area contributed by atoms with Crippen molar-refractivity contribution in [3.8, 4) is 0 Å². The molecule has 0 bridgehead atoms. The number of carbonyl (C=O) groups excluding carboxylic acids is 1. The Hall–Kier alpha value is -1.56. The van der Waals surface area contributed by atoms with Crippen molar-refractivity contribution in [3.05, 3.63) is 34.4 Å². The van der Waals surface area contributed by atoms with Crippen molar-refractivity contribution < 1.29 is 9.72 Å². The molecule has 0 N–H and O–H groups in total. The molecular formula is C13H16N2O3S. The highest BCUT2D eigenvalue weighted by atomic mass is 32.2. The zero-order valence-corrected chi connectivity index (χ0v) is 11.4. The van der Waals surface area contributed by atoms with E-state index in [1.165, 1.54) is 12.1 Å². The minimum Gasteiger partial charge on any atom is -0.343 e. The number of thioether (sulfide) groups is 1.